The van der Waals surface area contributed by atoms with E-state index in [4.69, 9.17) is 11.6 Å². The second-order valence-electron chi connectivity index (χ2n) is 4.98. The molecular formula is C14H18ClNO2. The van der Waals surface area contributed by atoms with Crippen LogP contribution in [0.15, 0.2) is 24.3 Å². The first kappa shape index (κ1) is 13.2. The summed E-state index contributed by atoms with van der Waals surface area (Å²) in [5, 5.41) is 12.3. The van der Waals surface area contributed by atoms with Crippen LogP contribution in [0.4, 0.5) is 0 Å². The van der Waals surface area contributed by atoms with Crippen LogP contribution in [0.2, 0.25) is 0 Å². The van der Waals surface area contributed by atoms with Gasteiger partial charge in [-0.15, -0.1) is 11.6 Å². The van der Waals surface area contributed by atoms with Gasteiger partial charge in [0.2, 0.25) is 0 Å². The Labute approximate surface area is 112 Å². The fourth-order valence-corrected chi connectivity index (χ4v) is 2.78. The van der Waals surface area contributed by atoms with Crippen LogP contribution in [0, 0.1) is 0 Å². The van der Waals surface area contributed by atoms with Crippen LogP contribution in [-0.2, 0) is 0 Å². The van der Waals surface area contributed by atoms with Gasteiger partial charge >= 0.3 is 0 Å². The fourth-order valence-electron chi connectivity index (χ4n) is 2.45. The Morgan fingerprint density at radius 1 is 1.22 bits per heavy atom. The van der Waals surface area contributed by atoms with Crippen LogP contribution in [-0.4, -0.2) is 22.4 Å². The van der Waals surface area contributed by atoms with Crippen molar-refractivity contribution in [2.24, 2.45) is 0 Å². The van der Waals surface area contributed by atoms with E-state index in [9.17, 15) is 9.90 Å². The van der Waals surface area contributed by atoms with E-state index in [-0.39, 0.29) is 17.2 Å². The van der Waals surface area contributed by atoms with Crippen LogP contribution in [0.3, 0.4) is 0 Å². The lowest BCUT2D eigenvalue weighted by Gasteiger charge is -2.36. The van der Waals surface area contributed by atoms with Gasteiger partial charge in [0.1, 0.15) is 5.75 Å². The van der Waals surface area contributed by atoms with Crippen molar-refractivity contribution in [1.82, 2.24) is 5.32 Å². The number of halogens is 1. The van der Waals surface area contributed by atoms with E-state index in [1.807, 2.05) is 0 Å². The first-order valence-corrected chi connectivity index (χ1v) is 6.86. The van der Waals surface area contributed by atoms with Crippen molar-refractivity contribution < 1.29 is 9.90 Å². The minimum Gasteiger partial charge on any atom is -0.508 e. The molecule has 2 rings (SSSR count). The molecular weight excluding hydrogens is 250 g/mol. The summed E-state index contributed by atoms with van der Waals surface area (Å²) in [5.41, 5.74) is 0.303. The summed E-state index contributed by atoms with van der Waals surface area (Å²) in [5.74, 6) is 0.505. The van der Waals surface area contributed by atoms with Crippen LogP contribution >= 0.6 is 11.6 Å². The topological polar surface area (TPSA) is 49.3 Å². The monoisotopic (exact) mass is 267 g/mol. The zero-order valence-corrected chi connectivity index (χ0v) is 11.0. The summed E-state index contributed by atoms with van der Waals surface area (Å²) in [7, 11) is 0. The van der Waals surface area contributed by atoms with Crippen molar-refractivity contribution in [2.45, 2.75) is 37.6 Å². The van der Waals surface area contributed by atoms with Gasteiger partial charge in [-0.25, -0.2) is 0 Å². The molecule has 0 radical (unpaired) electrons. The van der Waals surface area contributed by atoms with Gasteiger partial charge in [0.05, 0.1) is 5.54 Å². The van der Waals surface area contributed by atoms with Gasteiger partial charge in [0.25, 0.3) is 5.91 Å². The van der Waals surface area contributed by atoms with Crippen LogP contribution < -0.4 is 5.32 Å². The maximum absolute atomic E-state index is 12.1. The van der Waals surface area contributed by atoms with Gasteiger partial charge in [-0.1, -0.05) is 19.3 Å². The van der Waals surface area contributed by atoms with Crippen molar-refractivity contribution in [3.63, 3.8) is 0 Å². The lowest BCUT2D eigenvalue weighted by Crippen LogP contribution is -2.51. The van der Waals surface area contributed by atoms with Gasteiger partial charge < -0.3 is 10.4 Å². The predicted molar refractivity (Wildman–Crippen MR) is 72.1 cm³/mol. The third kappa shape index (κ3) is 2.96. The van der Waals surface area contributed by atoms with Gasteiger partial charge in [0.15, 0.2) is 0 Å². The number of alkyl halides is 1. The molecule has 1 aliphatic rings. The Hall–Kier alpha value is -1.22. The van der Waals surface area contributed by atoms with E-state index < -0.39 is 0 Å². The molecule has 3 nitrogen and oxygen atoms in total. The molecule has 0 aromatic heterocycles. The van der Waals surface area contributed by atoms with Crippen LogP contribution in [0.1, 0.15) is 42.5 Å². The molecule has 1 aliphatic carbocycles. The normalized spacial score (nSPS) is 18.3. The first-order chi connectivity index (χ1) is 8.65. The van der Waals surface area contributed by atoms with E-state index in [1.165, 1.54) is 18.6 Å². The molecule has 4 heteroatoms. The number of rotatable bonds is 3. The zero-order chi connectivity index (χ0) is 13.0. The summed E-state index contributed by atoms with van der Waals surface area (Å²) in [6, 6.07) is 6.27. The SMILES string of the molecule is O=C(NC1(CCl)CCCCC1)c1ccc(O)cc1. The number of hydrogen-bond acceptors (Lipinski definition) is 2. The van der Waals surface area contributed by atoms with E-state index in [1.54, 1.807) is 12.1 Å². The molecule has 0 saturated heterocycles. The van der Waals surface area contributed by atoms with Gasteiger partial charge in [-0.3, -0.25) is 4.79 Å². The molecule has 0 atom stereocenters. The second-order valence-corrected chi connectivity index (χ2v) is 5.24. The number of aromatic hydroxyl groups is 1. The van der Waals surface area contributed by atoms with Crippen molar-refractivity contribution in [3.05, 3.63) is 29.8 Å². The highest BCUT2D eigenvalue weighted by Crippen LogP contribution is 2.29. The minimum absolute atomic E-state index is 0.113. The third-order valence-electron chi connectivity index (χ3n) is 3.57. The number of carbonyl (C=O) groups is 1. The average Bonchev–Trinajstić information content (AvgIpc) is 2.40. The number of amides is 1. The molecule has 1 saturated carbocycles. The lowest BCUT2D eigenvalue weighted by molar-refractivity contribution is 0.0885. The Kier molecular flexibility index (Phi) is 4.12. The summed E-state index contributed by atoms with van der Waals surface area (Å²) < 4.78 is 0. The second kappa shape index (κ2) is 5.61. The summed E-state index contributed by atoms with van der Waals surface area (Å²) in [6.45, 7) is 0. The molecule has 18 heavy (non-hydrogen) atoms. The maximum atomic E-state index is 12.1. The number of phenols is 1. The van der Waals surface area contributed by atoms with Crippen molar-refractivity contribution in [3.8, 4) is 5.75 Å². The molecule has 2 N–H and O–H groups in total. The quantitative estimate of drug-likeness (QED) is 0.827. The largest absolute Gasteiger partial charge is 0.508 e. The fraction of sp³-hybridized carbons (Fsp3) is 0.500. The highest BCUT2D eigenvalue weighted by atomic mass is 35.5. The Bertz CT molecular complexity index is 410. The molecule has 1 fully saturated rings. The van der Waals surface area contributed by atoms with Gasteiger partial charge in [0, 0.05) is 11.4 Å². The van der Waals surface area contributed by atoms with Gasteiger partial charge in [-0.05, 0) is 37.1 Å². The zero-order valence-electron chi connectivity index (χ0n) is 10.3. The number of carbonyl (C=O) groups excluding carboxylic acids is 1. The molecule has 1 aromatic carbocycles. The Morgan fingerprint density at radius 2 is 1.83 bits per heavy atom. The summed E-state index contributed by atoms with van der Waals surface area (Å²) in [6.07, 6.45) is 5.33. The van der Waals surface area contributed by atoms with E-state index in [0.29, 0.717) is 11.4 Å². The minimum atomic E-state index is -0.255. The highest BCUT2D eigenvalue weighted by Gasteiger charge is 2.32. The number of phenolic OH excluding ortho intramolecular Hbond substituents is 1. The number of nitrogens with one attached hydrogen (secondary N) is 1. The number of hydrogen-bond donors (Lipinski definition) is 2. The predicted octanol–water partition coefficient (Wildman–Crippen LogP) is 3.06. The van der Waals surface area contributed by atoms with Crippen LogP contribution in [0.25, 0.3) is 0 Å². The lowest BCUT2D eigenvalue weighted by atomic mass is 9.83. The smallest absolute Gasteiger partial charge is 0.251 e. The maximum Gasteiger partial charge on any atom is 0.251 e. The van der Waals surface area contributed by atoms with Crippen molar-refractivity contribution >= 4 is 17.5 Å². The van der Waals surface area contributed by atoms with E-state index >= 15 is 0 Å². The Morgan fingerprint density at radius 3 is 2.39 bits per heavy atom. The molecule has 98 valence electrons. The summed E-state index contributed by atoms with van der Waals surface area (Å²) in [4.78, 5) is 12.1. The third-order valence-corrected chi connectivity index (χ3v) is 4.09. The summed E-state index contributed by atoms with van der Waals surface area (Å²) >= 11 is 6.04. The number of benzene rings is 1. The van der Waals surface area contributed by atoms with Crippen molar-refractivity contribution in [2.75, 3.05) is 5.88 Å². The molecule has 0 bridgehead atoms. The molecule has 1 amide bonds. The average molecular weight is 268 g/mol. The Balaban J connectivity index is 2.07. The molecule has 1 aromatic rings. The molecule has 0 heterocycles. The molecule has 0 spiro atoms. The van der Waals surface area contributed by atoms with Gasteiger partial charge in [-0.2, -0.15) is 0 Å². The molecule has 0 aliphatic heterocycles. The molecule has 0 unspecified atom stereocenters. The standard InChI is InChI=1S/C14H18ClNO2/c15-10-14(8-2-1-3-9-14)16-13(18)11-4-6-12(17)7-5-11/h4-7,17H,1-3,8-10H2,(H,16,18). The van der Waals surface area contributed by atoms with Crippen molar-refractivity contribution in [1.29, 1.82) is 0 Å². The van der Waals surface area contributed by atoms with E-state index in [2.05, 4.69) is 5.32 Å². The van der Waals surface area contributed by atoms with Crippen LogP contribution in [0.5, 0.6) is 5.75 Å². The highest BCUT2D eigenvalue weighted by molar-refractivity contribution is 6.19. The first-order valence-electron chi connectivity index (χ1n) is 6.33. The van der Waals surface area contributed by atoms with E-state index in [0.717, 1.165) is 25.7 Å².